The van der Waals surface area contributed by atoms with Crippen LogP contribution in [0.5, 0.6) is 0 Å². The smallest absolute Gasteiger partial charge is 0.307 e. The van der Waals surface area contributed by atoms with Gasteiger partial charge in [-0.3, -0.25) is 4.79 Å². The second kappa shape index (κ2) is 9.28. The molecule has 3 rings (SSSR count). The topological polar surface area (TPSA) is 76.2 Å². The van der Waals surface area contributed by atoms with Gasteiger partial charge >= 0.3 is 5.97 Å². The standard InChI is InChI=1S/C24H26ClNO4S/c1-5-22(17-9-7-16(8-10-17)15(3)4)31(28,29)24(30-23(27)6-2)21-14-18-13-19(25)11-12-20(18)26-21/h5,7-15,22,24,26H,1,6H2,2-4H3. The third-order valence-electron chi connectivity index (χ3n) is 5.18. The molecule has 0 saturated carbocycles. The van der Waals surface area contributed by atoms with Crippen LogP contribution in [0.15, 0.2) is 61.2 Å². The Bertz CT molecular complexity index is 1200. The molecule has 0 bridgehead atoms. The molecule has 0 radical (unpaired) electrons. The molecule has 31 heavy (non-hydrogen) atoms. The number of esters is 1. The van der Waals surface area contributed by atoms with E-state index in [0.717, 1.165) is 10.9 Å². The summed E-state index contributed by atoms with van der Waals surface area (Å²) >= 11 is 6.06. The largest absolute Gasteiger partial charge is 0.439 e. The number of hydrogen-bond donors (Lipinski definition) is 1. The monoisotopic (exact) mass is 459 g/mol. The maximum Gasteiger partial charge on any atom is 0.307 e. The fourth-order valence-electron chi connectivity index (χ4n) is 3.43. The predicted molar refractivity (Wildman–Crippen MR) is 125 cm³/mol. The lowest BCUT2D eigenvalue weighted by Crippen LogP contribution is -2.24. The average Bonchev–Trinajstić information content (AvgIpc) is 3.14. The summed E-state index contributed by atoms with van der Waals surface area (Å²) in [6.45, 7) is 9.50. The lowest BCUT2D eigenvalue weighted by atomic mass is 10.0. The molecule has 0 saturated heterocycles. The van der Waals surface area contributed by atoms with Crippen molar-refractivity contribution in [3.8, 4) is 0 Å². The van der Waals surface area contributed by atoms with Crippen molar-refractivity contribution in [1.29, 1.82) is 0 Å². The summed E-state index contributed by atoms with van der Waals surface area (Å²) in [5.74, 6) is -0.285. The number of hydrogen-bond acceptors (Lipinski definition) is 4. The van der Waals surface area contributed by atoms with Crippen molar-refractivity contribution < 1.29 is 17.9 Å². The Labute approximate surface area is 188 Å². The van der Waals surface area contributed by atoms with Gasteiger partial charge in [0, 0.05) is 22.3 Å². The van der Waals surface area contributed by atoms with Gasteiger partial charge in [0.15, 0.2) is 0 Å². The molecule has 1 heterocycles. The molecule has 2 atom stereocenters. The minimum absolute atomic E-state index is 0.0555. The second-order valence-electron chi connectivity index (χ2n) is 7.70. The molecule has 0 amide bonds. The average molecular weight is 460 g/mol. The minimum Gasteiger partial charge on any atom is -0.439 e. The molecule has 2 unspecified atom stereocenters. The molecule has 0 spiro atoms. The van der Waals surface area contributed by atoms with Gasteiger partial charge in [0.1, 0.15) is 5.25 Å². The lowest BCUT2D eigenvalue weighted by Gasteiger charge is -2.22. The van der Waals surface area contributed by atoms with Crippen molar-refractivity contribution in [2.75, 3.05) is 0 Å². The number of aromatic nitrogens is 1. The maximum atomic E-state index is 13.7. The van der Waals surface area contributed by atoms with Gasteiger partial charge in [0.05, 0.1) is 5.69 Å². The molecule has 1 aromatic heterocycles. The maximum absolute atomic E-state index is 13.7. The molecule has 5 nitrogen and oxygen atoms in total. The van der Waals surface area contributed by atoms with Gasteiger partial charge in [-0.25, -0.2) is 8.42 Å². The van der Waals surface area contributed by atoms with Crippen LogP contribution in [0.1, 0.15) is 60.6 Å². The van der Waals surface area contributed by atoms with E-state index in [1.165, 1.54) is 6.08 Å². The van der Waals surface area contributed by atoms with Crippen LogP contribution in [-0.2, 0) is 19.4 Å². The summed E-state index contributed by atoms with van der Waals surface area (Å²) in [6.07, 6.45) is 1.42. The molecule has 164 valence electrons. The van der Waals surface area contributed by atoms with E-state index in [4.69, 9.17) is 16.3 Å². The molecular weight excluding hydrogens is 434 g/mol. The Morgan fingerprint density at radius 2 is 1.77 bits per heavy atom. The van der Waals surface area contributed by atoms with Crippen LogP contribution in [0.3, 0.4) is 0 Å². The Balaban J connectivity index is 2.08. The van der Waals surface area contributed by atoms with Crippen LogP contribution < -0.4 is 0 Å². The van der Waals surface area contributed by atoms with Gasteiger partial charge in [0.2, 0.25) is 15.3 Å². The van der Waals surface area contributed by atoms with Crippen LogP contribution in [0.4, 0.5) is 0 Å². The van der Waals surface area contributed by atoms with Gasteiger partial charge in [-0.15, -0.1) is 6.58 Å². The highest BCUT2D eigenvalue weighted by molar-refractivity contribution is 7.91. The first-order chi connectivity index (χ1) is 14.7. The molecule has 2 aromatic carbocycles. The van der Waals surface area contributed by atoms with Crippen molar-refractivity contribution in [2.24, 2.45) is 0 Å². The van der Waals surface area contributed by atoms with E-state index in [2.05, 4.69) is 25.4 Å². The molecule has 3 aromatic rings. The molecule has 1 N–H and O–H groups in total. The summed E-state index contributed by atoms with van der Waals surface area (Å²) in [4.78, 5) is 15.2. The molecular formula is C24H26ClNO4S. The molecule has 0 fully saturated rings. The van der Waals surface area contributed by atoms with Crippen molar-refractivity contribution in [1.82, 2.24) is 4.98 Å². The number of fused-ring (bicyclic) bond motifs is 1. The van der Waals surface area contributed by atoms with Gasteiger partial charge in [0.25, 0.3) is 0 Å². The zero-order chi connectivity index (χ0) is 22.8. The number of benzene rings is 2. The van der Waals surface area contributed by atoms with Crippen molar-refractivity contribution in [3.63, 3.8) is 0 Å². The summed E-state index contributed by atoms with van der Waals surface area (Å²) in [5.41, 5.74) is 1.13. The first kappa shape index (κ1) is 23.1. The predicted octanol–water partition coefficient (Wildman–Crippen LogP) is 6.24. The van der Waals surface area contributed by atoms with E-state index in [-0.39, 0.29) is 12.1 Å². The van der Waals surface area contributed by atoms with Gasteiger partial charge in [-0.05, 0) is 41.3 Å². The molecule has 0 aliphatic heterocycles. The summed E-state index contributed by atoms with van der Waals surface area (Å²) in [7, 11) is -4.04. The quantitative estimate of drug-likeness (QED) is 0.319. The Morgan fingerprint density at radius 1 is 1.13 bits per heavy atom. The van der Waals surface area contributed by atoms with E-state index < -0.39 is 26.5 Å². The van der Waals surface area contributed by atoms with Gasteiger partial charge in [-0.2, -0.15) is 0 Å². The number of halogens is 1. The molecule has 0 aliphatic rings. The number of H-pyrrole nitrogens is 1. The number of rotatable bonds is 8. The van der Waals surface area contributed by atoms with Crippen molar-refractivity contribution in [2.45, 2.75) is 43.8 Å². The minimum atomic E-state index is -4.04. The zero-order valence-electron chi connectivity index (χ0n) is 17.8. The van der Waals surface area contributed by atoms with Gasteiger partial charge < -0.3 is 9.72 Å². The van der Waals surface area contributed by atoms with E-state index in [0.29, 0.717) is 22.0 Å². The summed E-state index contributed by atoms with van der Waals surface area (Å²) < 4.78 is 32.8. The Kier molecular flexibility index (Phi) is 6.92. The third kappa shape index (κ3) is 4.86. The van der Waals surface area contributed by atoms with Crippen LogP contribution in [0.2, 0.25) is 5.02 Å². The third-order valence-corrected chi connectivity index (χ3v) is 7.54. The second-order valence-corrected chi connectivity index (χ2v) is 10.2. The normalized spacial score (nSPS) is 13.8. The highest BCUT2D eigenvalue weighted by atomic mass is 35.5. The zero-order valence-corrected chi connectivity index (χ0v) is 19.3. The first-order valence-electron chi connectivity index (χ1n) is 10.1. The van der Waals surface area contributed by atoms with Crippen LogP contribution in [0.25, 0.3) is 10.9 Å². The van der Waals surface area contributed by atoms with Crippen LogP contribution in [-0.4, -0.2) is 19.4 Å². The van der Waals surface area contributed by atoms with E-state index >= 15 is 0 Å². The Morgan fingerprint density at radius 3 is 2.35 bits per heavy atom. The van der Waals surface area contributed by atoms with E-state index in [1.807, 2.05) is 12.1 Å². The SMILES string of the molecule is C=CC(c1ccc(C(C)C)cc1)S(=O)(=O)C(OC(=O)CC)c1cc2cc(Cl)ccc2[nH]1. The number of carbonyl (C=O) groups is 1. The summed E-state index contributed by atoms with van der Waals surface area (Å²) in [6, 6.07) is 14.2. The fourth-order valence-corrected chi connectivity index (χ4v) is 5.40. The number of ether oxygens (including phenoxy) is 1. The number of nitrogens with one attached hydrogen (secondary N) is 1. The van der Waals surface area contributed by atoms with Crippen LogP contribution in [0, 0.1) is 0 Å². The Hall–Kier alpha value is -2.57. The number of aromatic amines is 1. The van der Waals surface area contributed by atoms with Crippen molar-refractivity contribution in [3.05, 3.63) is 83.0 Å². The number of sulfone groups is 1. The number of carbonyl (C=O) groups excluding carboxylic acids is 1. The first-order valence-corrected chi connectivity index (χ1v) is 12.1. The fraction of sp³-hybridized carbons (Fsp3) is 0.292. The molecule has 0 aliphatic carbocycles. The van der Waals surface area contributed by atoms with Crippen LogP contribution >= 0.6 is 11.6 Å². The lowest BCUT2D eigenvalue weighted by molar-refractivity contribution is -0.145. The highest BCUT2D eigenvalue weighted by Crippen LogP contribution is 2.37. The highest BCUT2D eigenvalue weighted by Gasteiger charge is 2.38. The van der Waals surface area contributed by atoms with Crippen molar-refractivity contribution >= 4 is 38.3 Å². The summed E-state index contributed by atoms with van der Waals surface area (Å²) in [5, 5.41) is 0.210. The van der Waals surface area contributed by atoms with E-state index in [1.54, 1.807) is 43.3 Å². The molecule has 7 heteroatoms. The van der Waals surface area contributed by atoms with Gasteiger partial charge in [-0.1, -0.05) is 62.7 Å². The van der Waals surface area contributed by atoms with E-state index in [9.17, 15) is 13.2 Å².